The second-order valence-corrected chi connectivity index (χ2v) is 7.60. The Bertz CT molecular complexity index is 643. The first kappa shape index (κ1) is 18.4. The summed E-state index contributed by atoms with van der Waals surface area (Å²) in [5.74, 6) is -0.173. The number of halogens is 3. The minimum absolute atomic E-state index is 0.0922. The van der Waals surface area contributed by atoms with Gasteiger partial charge in [0.25, 0.3) is 0 Å². The smallest absolute Gasteiger partial charge is 0.387 e. The van der Waals surface area contributed by atoms with Gasteiger partial charge in [0.15, 0.2) is 0 Å². The summed E-state index contributed by atoms with van der Waals surface area (Å²) in [7, 11) is -3.80. The lowest BCUT2D eigenvalue weighted by atomic mass is 9.85. The topological polar surface area (TPSA) is 81.4 Å². The Kier molecular flexibility index (Phi) is 6.19. The summed E-state index contributed by atoms with van der Waals surface area (Å²) in [6.07, 6.45) is 3.57. The highest BCUT2D eigenvalue weighted by molar-refractivity contribution is 7.89. The van der Waals surface area contributed by atoms with Gasteiger partial charge in [-0.1, -0.05) is 24.4 Å². The highest BCUT2D eigenvalue weighted by Gasteiger charge is 2.29. The number of nitrogens with one attached hydrogen (secondary N) is 1. The van der Waals surface area contributed by atoms with Crippen LogP contribution in [0.1, 0.15) is 25.7 Å². The molecule has 0 bridgehead atoms. The van der Waals surface area contributed by atoms with E-state index in [-0.39, 0.29) is 27.6 Å². The molecule has 1 fully saturated rings. The summed E-state index contributed by atoms with van der Waals surface area (Å²) in [4.78, 5) is -0.0922. The Morgan fingerprint density at radius 3 is 2.65 bits per heavy atom. The minimum Gasteiger partial charge on any atom is -0.433 e. The zero-order valence-electron chi connectivity index (χ0n) is 12.3. The third-order valence-electron chi connectivity index (χ3n) is 3.95. The van der Waals surface area contributed by atoms with Crippen LogP contribution in [-0.4, -0.2) is 27.6 Å². The van der Waals surface area contributed by atoms with E-state index in [1.807, 2.05) is 0 Å². The van der Waals surface area contributed by atoms with Gasteiger partial charge in [0, 0.05) is 6.04 Å². The number of benzene rings is 1. The number of alkyl halides is 2. The number of ether oxygens (including phenoxy) is 1. The van der Waals surface area contributed by atoms with E-state index in [1.54, 1.807) is 0 Å². The van der Waals surface area contributed by atoms with Crippen LogP contribution in [0.5, 0.6) is 5.75 Å². The predicted molar refractivity (Wildman–Crippen MR) is 83.2 cm³/mol. The van der Waals surface area contributed by atoms with Crippen LogP contribution in [0.2, 0.25) is 5.02 Å². The normalized spacial score (nSPS) is 22.3. The van der Waals surface area contributed by atoms with Crippen LogP contribution in [-0.2, 0) is 10.0 Å². The number of sulfonamides is 1. The molecule has 23 heavy (non-hydrogen) atoms. The van der Waals surface area contributed by atoms with Gasteiger partial charge in [-0.15, -0.1) is 0 Å². The molecule has 1 aliphatic rings. The number of hydrogen-bond donors (Lipinski definition) is 2. The van der Waals surface area contributed by atoms with Crippen molar-refractivity contribution in [3.05, 3.63) is 23.2 Å². The summed E-state index contributed by atoms with van der Waals surface area (Å²) in [5.41, 5.74) is 5.70. The van der Waals surface area contributed by atoms with Crippen molar-refractivity contribution in [3.8, 4) is 5.75 Å². The maximum atomic E-state index is 12.4. The Morgan fingerprint density at radius 2 is 2.04 bits per heavy atom. The number of rotatable bonds is 6. The molecular weight excluding hydrogens is 350 g/mol. The van der Waals surface area contributed by atoms with Crippen molar-refractivity contribution in [2.24, 2.45) is 11.7 Å². The van der Waals surface area contributed by atoms with Crippen molar-refractivity contribution >= 4 is 21.6 Å². The number of hydrogen-bond acceptors (Lipinski definition) is 4. The summed E-state index contributed by atoms with van der Waals surface area (Å²) in [6.45, 7) is -2.62. The molecule has 0 radical (unpaired) electrons. The molecule has 0 aromatic heterocycles. The fraction of sp³-hybridized carbons (Fsp3) is 0.571. The molecule has 9 heteroatoms. The van der Waals surface area contributed by atoms with Crippen molar-refractivity contribution in [1.29, 1.82) is 0 Å². The molecule has 130 valence electrons. The Balaban J connectivity index is 2.17. The van der Waals surface area contributed by atoms with E-state index in [2.05, 4.69) is 9.46 Å². The van der Waals surface area contributed by atoms with E-state index >= 15 is 0 Å². The van der Waals surface area contributed by atoms with Crippen molar-refractivity contribution < 1.29 is 21.9 Å². The quantitative estimate of drug-likeness (QED) is 0.809. The van der Waals surface area contributed by atoms with E-state index in [1.165, 1.54) is 6.07 Å². The maximum Gasteiger partial charge on any atom is 0.387 e. The minimum atomic E-state index is -3.80. The fourth-order valence-electron chi connectivity index (χ4n) is 2.75. The number of nitrogens with two attached hydrogens (primary N) is 1. The fourth-order valence-corrected chi connectivity index (χ4v) is 4.41. The second-order valence-electron chi connectivity index (χ2n) is 5.48. The molecule has 2 unspecified atom stereocenters. The van der Waals surface area contributed by atoms with Crippen LogP contribution in [0.15, 0.2) is 23.1 Å². The molecule has 0 spiro atoms. The largest absolute Gasteiger partial charge is 0.433 e. The highest BCUT2D eigenvalue weighted by atomic mass is 35.5. The Morgan fingerprint density at radius 1 is 1.35 bits per heavy atom. The molecule has 1 aliphatic carbocycles. The van der Waals surface area contributed by atoms with Crippen LogP contribution in [0.25, 0.3) is 0 Å². The van der Waals surface area contributed by atoms with Gasteiger partial charge in [-0.05, 0) is 43.5 Å². The van der Waals surface area contributed by atoms with Gasteiger partial charge < -0.3 is 10.5 Å². The zero-order chi connectivity index (χ0) is 17.0. The third kappa shape index (κ3) is 4.76. The zero-order valence-corrected chi connectivity index (χ0v) is 13.9. The molecule has 5 nitrogen and oxygen atoms in total. The maximum absolute atomic E-state index is 12.4. The SMILES string of the molecule is NCC1CCCCC1NS(=O)(=O)c1ccc(OC(F)F)c(Cl)c1. The molecule has 1 aromatic rings. The van der Waals surface area contributed by atoms with Crippen LogP contribution in [0, 0.1) is 5.92 Å². The summed E-state index contributed by atoms with van der Waals surface area (Å²) < 4.78 is 56.1. The van der Waals surface area contributed by atoms with Gasteiger partial charge >= 0.3 is 6.61 Å². The molecule has 0 amide bonds. The highest BCUT2D eigenvalue weighted by Crippen LogP contribution is 2.30. The van der Waals surface area contributed by atoms with Gasteiger partial charge in [-0.2, -0.15) is 8.78 Å². The molecule has 1 aromatic carbocycles. The predicted octanol–water partition coefficient (Wildman–Crippen LogP) is 2.74. The van der Waals surface area contributed by atoms with Crippen LogP contribution < -0.4 is 15.2 Å². The first-order chi connectivity index (χ1) is 10.8. The van der Waals surface area contributed by atoms with E-state index in [9.17, 15) is 17.2 Å². The van der Waals surface area contributed by atoms with E-state index in [0.29, 0.717) is 6.54 Å². The summed E-state index contributed by atoms with van der Waals surface area (Å²) in [6, 6.07) is 3.17. The lowest BCUT2D eigenvalue weighted by molar-refractivity contribution is -0.0498. The van der Waals surface area contributed by atoms with Crippen molar-refractivity contribution in [2.45, 2.75) is 43.2 Å². The summed E-state index contributed by atoms with van der Waals surface area (Å²) >= 11 is 5.81. The van der Waals surface area contributed by atoms with E-state index in [0.717, 1.165) is 37.8 Å². The molecule has 0 heterocycles. The molecule has 0 aliphatic heterocycles. The average Bonchev–Trinajstić information content (AvgIpc) is 2.49. The lowest BCUT2D eigenvalue weighted by Gasteiger charge is -2.31. The van der Waals surface area contributed by atoms with Crippen molar-refractivity contribution in [2.75, 3.05) is 6.54 Å². The molecular formula is C14H19ClF2N2O3S. The average molecular weight is 369 g/mol. The van der Waals surface area contributed by atoms with Gasteiger partial charge in [0.05, 0.1) is 9.92 Å². The first-order valence-electron chi connectivity index (χ1n) is 7.30. The van der Waals surface area contributed by atoms with Crippen LogP contribution in [0.4, 0.5) is 8.78 Å². The van der Waals surface area contributed by atoms with Gasteiger partial charge in [0.2, 0.25) is 10.0 Å². The molecule has 2 rings (SSSR count). The summed E-state index contributed by atoms with van der Waals surface area (Å²) in [5, 5.41) is -0.188. The Labute approximate surface area is 139 Å². The second kappa shape index (κ2) is 7.74. The lowest BCUT2D eigenvalue weighted by Crippen LogP contribution is -2.44. The Hall–Kier alpha value is -0.960. The molecule has 2 atom stereocenters. The molecule has 1 saturated carbocycles. The van der Waals surface area contributed by atoms with Crippen LogP contribution >= 0.6 is 11.6 Å². The van der Waals surface area contributed by atoms with Crippen molar-refractivity contribution in [1.82, 2.24) is 4.72 Å². The first-order valence-corrected chi connectivity index (χ1v) is 9.16. The molecule has 0 saturated heterocycles. The standard InChI is InChI=1S/C14H19ClF2N2O3S/c15-11-7-10(5-6-13(11)22-14(16)17)23(20,21)19-12-4-2-1-3-9(12)8-18/h5-7,9,12,14,19H,1-4,8,18H2. The van der Waals surface area contributed by atoms with E-state index < -0.39 is 16.6 Å². The van der Waals surface area contributed by atoms with E-state index in [4.69, 9.17) is 17.3 Å². The van der Waals surface area contributed by atoms with Crippen LogP contribution in [0.3, 0.4) is 0 Å². The van der Waals surface area contributed by atoms with Gasteiger partial charge in [-0.25, -0.2) is 13.1 Å². The van der Waals surface area contributed by atoms with Crippen molar-refractivity contribution in [3.63, 3.8) is 0 Å². The monoisotopic (exact) mass is 368 g/mol. The molecule has 3 N–H and O–H groups in total. The van der Waals surface area contributed by atoms with Gasteiger partial charge in [-0.3, -0.25) is 0 Å². The third-order valence-corrected chi connectivity index (χ3v) is 5.73. The van der Waals surface area contributed by atoms with Gasteiger partial charge in [0.1, 0.15) is 5.75 Å².